The average molecular weight is 347 g/mol. The molecule has 0 amide bonds. The molecular formula is C21H34N2O2. The van der Waals surface area contributed by atoms with E-state index >= 15 is 0 Å². The molecule has 140 valence electrons. The zero-order valence-electron chi connectivity index (χ0n) is 16.0. The van der Waals surface area contributed by atoms with Gasteiger partial charge in [-0.15, -0.1) is 0 Å². The predicted molar refractivity (Wildman–Crippen MR) is 102 cm³/mol. The van der Waals surface area contributed by atoms with Gasteiger partial charge in [0.2, 0.25) is 0 Å². The molecule has 0 radical (unpaired) electrons. The van der Waals surface area contributed by atoms with E-state index in [9.17, 15) is 0 Å². The van der Waals surface area contributed by atoms with E-state index in [1.807, 2.05) is 0 Å². The lowest BCUT2D eigenvalue weighted by Crippen LogP contribution is -2.40. The Labute approximate surface area is 153 Å². The molecule has 0 aliphatic carbocycles. The molecule has 4 nitrogen and oxygen atoms in total. The molecule has 0 bridgehead atoms. The molecule has 1 unspecified atom stereocenters. The first-order valence-corrected chi connectivity index (χ1v) is 9.85. The van der Waals surface area contributed by atoms with Crippen molar-refractivity contribution in [1.82, 2.24) is 9.80 Å². The van der Waals surface area contributed by atoms with Crippen molar-refractivity contribution in [3.63, 3.8) is 0 Å². The van der Waals surface area contributed by atoms with E-state index in [4.69, 9.17) is 9.47 Å². The highest BCUT2D eigenvalue weighted by atomic mass is 16.5. The Kier molecular flexibility index (Phi) is 7.14. The summed E-state index contributed by atoms with van der Waals surface area (Å²) in [6, 6.07) is 8.54. The van der Waals surface area contributed by atoms with Gasteiger partial charge in [0.25, 0.3) is 0 Å². The van der Waals surface area contributed by atoms with Crippen LogP contribution in [0.3, 0.4) is 0 Å². The number of nitrogens with zero attached hydrogens (tertiary/aromatic N) is 2. The maximum Gasteiger partial charge on any atom is 0.122 e. The van der Waals surface area contributed by atoms with Crippen LogP contribution in [0.1, 0.15) is 24.8 Å². The lowest BCUT2D eigenvalue weighted by atomic mass is 9.94. The van der Waals surface area contributed by atoms with Crippen LogP contribution in [0.2, 0.25) is 0 Å². The Hall–Kier alpha value is -1.10. The number of methoxy groups -OCH3 is 1. The number of hydrogen-bond acceptors (Lipinski definition) is 4. The third kappa shape index (κ3) is 5.70. The van der Waals surface area contributed by atoms with Gasteiger partial charge in [-0.1, -0.05) is 18.2 Å². The van der Waals surface area contributed by atoms with Gasteiger partial charge in [0.15, 0.2) is 0 Å². The molecule has 3 rings (SSSR count). The Bertz CT molecular complexity index is 514. The third-order valence-corrected chi connectivity index (χ3v) is 5.72. The molecule has 1 fully saturated rings. The highest BCUT2D eigenvalue weighted by Crippen LogP contribution is 2.27. The molecule has 2 aliphatic rings. The van der Waals surface area contributed by atoms with Gasteiger partial charge in [0, 0.05) is 26.7 Å². The minimum atomic E-state index is 0.704. The summed E-state index contributed by atoms with van der Waals surface area (Å²) >= 11 is 0. The molecule has 0 saturated carbocycles. The van der Waals surface area contributed by atoms with Crippen LogP contribution < -0.4 is 4.74 Å². The van der Waals surface area contributed by atoms with Crippen molar-refractivity contribution in [3.05, 3.63) is 29.8 Å². The number of para-hydroxylation sites is 1. The molecule has 0 N–H and O–H groups in total. The number of benzene rings is 1. The molecule has 1 aromatic carbocycles. The third-order valence-electron chi connectivity index (χ3n) is 5.72. The molecule has 2 aliphatic heterocycles. The molecule has 25 heavy (non-hydrogen) atoms. The molecule has 4 heteroatoms. The second-order valence-corrected chi connectivity index (χ2v) is 7.81. The van der Waals surface area contributed by atoms with Gasteiger partial charge in [0.05, 0.1) is 13.2 Å². The minimum absolute atomic E-state index is 0.704. The zero-order chi connectivity index (χ0) is 17.5. The van der Waals surface area contributed by atoms with Crippen molar-refractivity contribution in [1.29, 1.82) is 0 Å². The summed E-state index contributed by atoms with van der Waals surface area (Å²) in [4.78, 5) is 5.10. The van der Waals surface area contributed by atoms with Crippen LogP contribution in [0.25, 0.3) is 0 Å². The number of rotatable bonds is 7. The Morgan fingerprint density at radius 1 is 1.12 bits per heavy atom. The van der Waals surface area contributed by atoms with Crippen molar-refractivity contribution in [2.75, 3.05) is 60.1 Å². The highest BCUT2D eigenvalue weighted by molar-refractivity contribution is 5.34. The smallest absolute Gasteiger partial charge is 0.122 e. The fourth-order valence-electron chi connectivity index (χ4n) is 4.29. The van der Waals surface area contributed by atoms with Gasteiger partial charge in [0.1, 0.15) is 5.75 Å². The van der Waals surface area contributed by atoms with Gasteiger partial charge in [-0.25, -0.2) is 0 Å². The molecule has 0 spiro atoms. The van der Waals surface area contributed by atoms with E-state index in [0.717, 1.165) is 44.3 Å². The summed E-state index contributed by atoms with van der Waals surface area (Å²) < 4.78 is 11.1. The van der Waals surface area contributed by atoms with Crippen LogP contribution >= 0.6 is 0 Å². The minimum Gasteiger partial charge on any atom is -0.493 e. The quantitative estimate of drug-likeness (QED) is 0.758. The number of hydrogen-bond donors (Lipinski definition) is 0. The lowest BCUT2D eigenvalue weighted by Gasteiger charge is -2.34. The molecular weight excluding hydrogens is 312 g/mol. The first-order valence-electron chi connectivity index (χ1n) is 9.85. The second-order valence-electron chi connectivity index (χ2n) is 7.81. The van der Waals surface area contributed by atoms with E-state index < -0.39 is 0 Å². The van der Waals surface area contributed by atoms with Crippen LogP contribution in [-0.2, 0) is 11.2 Å². The largest absolute Gasteiger partial charge is 0.493 e. The second kappa shape index (κ2) is 9.56. The van der Waals surface area contributed by atoms with Crippen molar-refractivity contribution >= 4 is 0 Å². The Morgan fingerprint density at radius 3 is 2.68 bits per heavy atom. The topological polar surface area (TPSA) is 24.9 Å². The molecule has 1 aromatic rings. The number of piperidine rings is 1. The monoisotopic (exact) mass is 346 g/mol. The Morgan fingerprint density at radius 2 is 1.88 bits per heavy atom. The van der Waals surface area contributed by atoms with Gasteiger partial charge in [-0.05, 0) is 69.3 Å². The fraction of sp³-hybridized carbons (Fsp3) is 0.714. The summed E-state index contributed by atoms with van der Waals surface area (Å²) in [7, 11) is 4.09. The molecule has 1 saturated heterocycles. The fourth-order valence-corrected chi connectivity index (χ4v) is 4.29. The van der Waals surface area contributed by atoms with E-state index in [2.05, 4.69) is 41.1 Å². The van der Waals surface area contributed by atoms with Crippen molar-refractivity contribution in [3.8, 4) is 5.75 Å². The van der Waals surface area contributed by atoms with E-state index in [1.165, 1.54) is 44.6 Å². The standard InChI is InChI=1S/C21H34N2O2/c1-22(16-18-7-10-23(11-8-18)12-14-24-2)17-19-9-13-25-21-6-4-3-5-20(21)15-19/h3-6,18-19H,7-17H2,1-2H3. The number of ether oxygens (including phenoxy) is 2. The van der Waals surface area contributed by atoms with E-state index in [1.54, 1.807) is 7.11 Å². The van der Waals surface area contributed by atoms with Gasteiger partial charge >= 0.3 is 0 Å². The molecule has 0 aromatic heterocycles. The normalized spacial score (nSPS) is 22.4. The van der Waals surface area contributed by atoms with Crippen LogP contribution in [0.4, 0.5) is 0 Å². The van der Waals surface area contributed by atoms with Crippen molar-refractivity contribution in [2.45, 2.75) is 25.7 Å². The molecule has 2 heterocycles. The maximum absolute atomic E-state index is 5.92. The average Bonchev–Trinajstić information content (AvgIpc) is 2.82. The zero-order valence-corrected chi connectivity index (χ0v) is 16.0. The van der Waals surface area contributed by atoms with Crippen molar-refractivity contribution < 1.29 is 9.47 Å². The first kappa shape index (κ1) is 18.7. The summed E-state index contributed by atoms with van der Waals surface area (Å²) in [5.41, 5.74) is 1.38. The summed E-state index contributed by atoms with van der Waals surface area (Å²) in [6.07, 6.45) is 4.96. The van der Waals surface area contributed by atoms with E-state index in [0.29, 0.717) is 5.92 Å². The highest BCUT2D eigenvalue weighted by Gasteiger charge is 2.23. The van der Waals surface area contributed by atoms with Crippen LogP contribution in [-0.4, -0.2) is 69.9 Å². The number of likely N-dealkylation sites (tertiary alicyclic amines) is 1. The molecule has 1 atom stereocenters. The number of fused-ring (bicyclic) bond motifs is 1. The van der Waals surface area contributed by atoms with Crippen LogP contribution in [0, 0.1) is 11.8 Å². The van der Waals surface area contributed by atoms with Gasteiger partial charge < -0.3 is 19.3 Å². The van der Waals surface area contributed by atoms with Crippen LogP contribution in [0.15, 0.2) is 24.3 Å². The van der Waals surface area contributed by atoms with Gasteiger partial charge in [-0.3, -0.25) is 0 Å². The summed E-state index contributed by atoms with van der Waals surface area (Å²) in [5, 5.41) is 0. The van der Waals surface area contributed by atoms with E-state index in [-0.39, 0.29) is 0 Å². The SMILES string of the molecule is COCCN1CCC(CN(C)CC2CCOc3ccccc3C2)CC1. The lowest BCUT2D eigenvalue weighted by molar-refractivity contribution is 0.107. The predicted octanol–water partition coefficient (Wildman–Crippen LogP) is 2.92. The Balaban J connectivity index is 1.42. The van der Waals surface area contributed by atoms with Crippen LogP contribution in [0.5, 0.6) is 5.75 Å². The summed E-state index contributed by atoms with van der Waals surface area (Å²) in [5.74, 6) is 2.64. The van der Waals surface area contributed by atoms with Gasteiger partial charge in [-0.2, -0.15) is 0 Å². The summed E-state index contributed by atoms with van der Waals surface area (Å²) in [6.45, 7) is 7.67. The maximum atomic E-state index is 5.92. The first-order chi connectivity index (χ1) is 12.2. The van der Waals surface area contributed by atoms with Crippen molar-refractivity contribution in [2.24, 2.45) is 11.8 Å².